The van der Waals surface area contributed by atoms with Gasteiger partial charge in [0.2, 0.25) is 0 Å². The molecule has 0 fully saturated rings. The SMILES string of the molecule is CC(OC(=O)/C=C/c1cccc(Br)c1)C(=O)Nc1ccc(F)cc1Cl. The highest BCUT2D eigenvalue weighted by molar-refractivity contribution is 9.10. The number of hydrogen-bond donors (Lipinski definition) is 1. The van der Waals surface area contributed by atoms with Gasteiger partial charge in [-0.15, -0.1) is 0 Å². The quantitative estimate of drug-likeness (QED) is 0.550. The van der Waals surface area contributed by atoms with Crippen LogP contribution < -0.4 is 5.32 Å². The number of amides is 1. The first-order valence-electron chi connectivity index (χ1n) is 7.25. The maximum absolute atomic E-state index is 13.0. The molecule has 1 N–H and O–H groups in total. The van der Waals surface area contributed by atoms with Crippen LogP contribution in [0.4, 0.5) is 10.1 Å². The molecule has 0 aromatic heterocycles. The van der Waals surface area contributed by atoms with Gasteiger partial charge in [-0.1, -0.05) is 39.7 Å². The van der Waals surface area contributed by atoms with E-state index >= 15 is 0 Å². The smallest absolute Gasteiger partial charge is 0.331 e. The van der Waals surface area contributed by atoms with Crippen LogP contribution in [0.25, 0.3) is 6.08 Å². The third-order valence-electron chi connectivity index (χ3n) is 3.11. The maximum Gasteiger partial charge on any atom is 0.331 e. The molecule has 25 heavy (non-hydrogen) atoms. The van der Waals surface area contributed by atoms with E-state index in [2.05, 4.69) is 21.2 Å². The summed E-state index contributed by atoms with van der Waals surface area (Å²) >= 11 is 9.17. The minimum Gasteiger partial charge on any atom is -0.449 e. The van der Waals surface area contributed by atoms with Gasteiger partial charge in [0, 0.05) is 10.5 Å². The molecule has 1 amide bonds. The fraction of sp³-hybridized carbons (Fsp3) is 0.111. The highest BCUT2D eigenvalue weighted by Crippen LogP contribution is 2.22. The summed E-state index contributed by atoms with van der Waals surface area (Å²) < 4.78 is 18.9. The van der Waals surface area contributed by atoms with E-state index < -0.39 is 23.8 Å². The zero-order valence-corrected chi connectivity index (χ0v) is 15.5. The lowest BCUT2D eigenvalue weighted by Crippen LogP contribution is -2.29. The Kier molecular flexibility index (Phi) is 6.73. The van der Waals surface area contributed by atoms with Crippen molar-refractivity contribution in [2.24, 2.45) is 0 Å². The molecule has 1 unspecified atom stereocenters. The van der Waals surface area contributed by atoms with Crippen LogP contribution in [0.15, 0.2) is 53.0 Å². The van der Waals surface area contributed by atoms with E-state index in [9.17, 15) is 14.0 Å². The first-order chi connectivity index (χ1) is 11.8. The van der Waals surface area contributed by atoms with E-state index in [0.717, 1.165) is 16.1 Å². The van der Waals surface area contributed by atoms with Crippen molar-refractivity contribution in [2.75, 3.05) is 5.32 Å². The summed E-state index contributed by atoms with van der Waals surface area (Å²) in [7, 11) is 0. The van der Waals surface area contributed by atoms with E-state index in [0.29, 0.717) is 0 Å². The highest BCUT2D eigenvalue weighted by atomic mass is 79.9. The summed E-state index contributed by atoms with van der Waals surface area (Å²) in [6, 6.07) is 10.9. The Morgan fingerprint density at radius 2 is 2.04 bits per heavy atom. The van der Waals surface area contributed by atoms with Gasteiger partial charge in [-0.05, 0) is 48.9 Å². The van der Waals surface area contributed by atoms with Crippen molar-refractivity contribution in [3.05, 3.63) is 69.4 Å². The van der Waals surface area contributed by atoms with Crippen LogP contribution in [0.1, 0.15) is 12.5 Å². The van der Waals surface area contributed by atoms with E-state index in [-0.39, 0.29) is 10.7 Å². The number of carbonyl (C=O) groups excluding carboxylic acids is 2. The number of esters is 1. The molecule has 7 heteroatoms. The van der Waals surface area contributed by atoms with Gasteiger partial charge in [0.1, 0.15) is 5.82 Å². The number of halogens is 3. The second-order valence-corrected chi connectivity index (χ2v) is 6.40. The first kappa shape index (κ1) is 19.1. The molecule has 2 aromatic carbocycles. The Hall–Kier alpha value is -2.18. The number of rotatable bonds is 5. The van der Waals surface area contributed by atoms with Gasteiger partial charge in [0.15, 0.2) is 6.10 Å². The molecule has 0 spiro atoms. The normalized spacial score (nSPS) is 12.0. The number of benzene rings is 2. The molecule has 0 aliphatic rings. The zero-order valence-electron chi connectivity index (χ0n) is 13.1. The van der Waals surface area contributed by atoms with Gasteiger partial charge in [-0.25, -0.2) is 9.18 Å². The minimum atomic E-state index is -1.04. The fourth-order valence-electron chi connectivity index (χ4n) is 1.87. The van der Waals surface area contributed by atoms with Crippen LogP contribution in [-0.4, -0.2) is 18.0 Å². The summed E-state index contributed by atoms with van der Waals surface area (Å²) in [6.07, 6.45) is 1.77. The molecule has 2 rings (SSSR count). The van der Waals surface area contributed by atoms with Crippen molar-refractivity contribution in [1.29, 1.82) is 0 Å². The Bertz CT molecular complexity index is 826. The molecule has 0 aliphatic carbocycles. The van der Waals surface area contributed by atoms with Crippen molar-refractivity contribution in [1.82, 2.24) is 0 Å². The highest BCUT2D eigenvalue weighted by Gasteiger charge is 2.17. The van der Waals surface area contributed by atoms with Crippen molar-refractivity contribution in [3.8, 4) is 0 Å². The Balaban J connectivity index is 1.92. The van der Waals surface area contributed by atoms with Gasteiger partial charge in [0.25, 0.3) is 5.91 Å². The molecular formula is C18H14BrClFNO3. The minimum absolute atomic E-state index is 0.0569. The van der Waals surface area contributed by atoms with Gasteiger partial charge >= 0.3 is 5.97 Å². The third-order valence-corrected chi connectivity index (χ3v) is 3.92. The molecule has 0 radical (unpaired) electrons. The summed E-state index contributed by atoms with van der Waals surface area (Å²) in [6.45, 7) is 1.43. The maximum atomic E-state index is 13.0. The topological polar surface area (TPSA) is 55.4 Å². The second kappa shape index (κ2) is 8.78. The van der Waals surface area contributed by atoms with Gasteiger partial charge < -0.3 is 10.1 Å². The first-order valence-corrected chi connectivity index (χ1v) is 8.42. The average Bonchev–Trinajstić information content (AvgIpc) is 2.55. The standard InChI is InChI=1S/C18H14BrClFNO3/c1-11(18(24)22-16-7-6-14(21)10-15(16)20)25-17(23)8-5-12-3-2-4-13(19)9-12/h2-11H,1H3,(H,22,24)/b8-5+. The van der Waals surface area contributed by atoms with Crippen LogP contribution in [0.5, 0.6) is 0 Å². The van der Waals surface area contributed by atoms with E-state index in [1.807, 2.05) is 24.3 Å². The van der Waals surface area contributed by atoms with Crippen LogP contribution >= 0.6 is 27.5 Å². The monoisotopic (exact) mass is 425 g/mol. The summed E-state index contributed by atoms with van der Waals surface area (Å²) in [5.74, 6) is -1.74. The van der Waals surface area contributed by atoms with E-state index in [1.54, 1.807) is 6.08 Å². The molecule has 130 valence electrons. The summed E-state index contributed by atoms with van der Waals surface area (Å²) in [4.78, 5) is 23.8. The van der Waals surface area contributed by atoms with Gasteiger partial charge in [-0.2, -0.15) is 0 Å². The molecule has 4 nitrogen and oxygen atoms in total. The molecule has 1 atom stereocenters. The fourth-order valence-corrected chi connectivity index (χ4v) is 2.50. The van der Waals surface area contributed by atoms with Gasteiger partial charge in [0.05, 0.1) is 10.7 Å². The van der Waals surface area contributed by atoms with E-state index in [4.69, 9.17) is 16.3 Å². The van der Waals surface area contributed by atoms with Crippen LogP contribution in [0.2, 0.25) is 5.02 Å². The molecule has 2 aromatic rings. The van der Waals surface area contributed by atoms with Crippen molar-refractivity contribution < 1.29 is 18.7 Å². The summed E-state index contributed by atoms with van der Waals surface area (Å²) in [5, 5.41) is 2.54. The third kappa shape index (κ3) is 5.99. The lowest BCUT2D eigenvalue weighted by atomic mass is 10.2. The average molecular weight is 427 g/mol. The van der Waals surface area contributed by atoms with Crippen molar-refractivity contribution in [3.63, 3.8) is 0 Å². The summed E-state index contributed by atoms with van der Waals surface area (Å²) in [5.41, 5.74) is 1.04. The van der Waals surface area contributed by atoms with Crippen LogP contribution in [0, 0.1) is 5.82 Å². The largest absolute Gasteiger partial charge is 0.449 e. The predicted octanol–water partition coefficient (Wildman–Crippen LogP) is 4.83. The number of hydrogen-bond acceptors (Lipinski definition) is 3. The Labute approximate surface area is 157 Å². The van der Waals surface area contributed by atoms with Gasteiger partial charge in [-0.3, -0.25) is 4.79 Å². The molecule has 0 saturated heterocycles. The molecular weight excluding hydrogens is 413 g/mol. The number of ether oxygens (including phenoxy) is 1. The molecule has 0 bridgehead atoms. The number of carbonyl (C=O) groups is 2. The molecule has 0 saturated carbocycles. The van der Waals surface area contributed by atoms with Crippen molar-refractivity contribution >= 4 is 51.2 Å². The van der Waals surface area contributed by atoms with Crippen LogP contribution in [-0.2, 0) is 14.3 Å². The lowest BCUT2D eigenvalue weighted by Gasteiger charge is -2.13. The number of anilines is 1. The molecule has 0 heterocycles. The van der Waals surface area contributed by atoms with E-state index in [1.165, 1.54) is 25.1 Å². The second-order valence-electron chi connectivity index (χ2n) is 5.08. The number of nitrogens with one attached hydrogen (secondary N) is 1. The Morgan fingerprint density at radius 3 is 2.72 bits per heavy atom. The predicted molar refractivity (Wildman–Crippen MR) is 98.8 cm³/mol. The van der Waals surface area contributed by atoms with Crippen LogP contribution in [0.3, 0.4) is 0 Å². The zero-order chi connectivity index (χ0) is 18.4. The van der Waals surface area contributed by atoms with Crippen molar-refractivity contribution in [2.45, 2.75) is 13.0 Å². The Morgan fingerprint density at radius 1 is 1.28 bits per heavy atom. The molecule has 0 aliphatic heterocycles. The lowest BCUT2D eigenvalue weighted by molar-refractivity contribution is -0.148.